The summed E-state index contributed by atoms with van der Waals surface area (Å²) < 4.78 is 0. The monoisotopic (exact) mass is 326 g/mol. The molecule has 0 radical (unpaired) electrons. The number of pyridine rings is 2. The van der Waals surface area contributed by atoms with E-state index < -0.39 is 0 Å². The molecule has 25 heavy (non-hydrogen) atoms. The van der Waals surface area contributed by atoms with Crippen LogP contribution in [0.4, 0.5) is 0 Å². The molecule has 4 nitrogen and oxygen atoms in total. The minimum Gasteiger partial charge on any atom is -0.506 e. The Kier molecular flexibility index (Phi) is 3.71. The fourth-order valence-electron chi connectivity index (χ4n) is 2.69. The lowest BCUT2D eigenvalue weighted by Crippen LogP contribution is -1.98. The van der Waals surface area contributed by atoms with Gasteiger partial charge in [-0.2, -0.15) is 0 Å². The van der Waals surface area contributed by atoms with Gasteiger partial charge in [-0.05, 0) is 36.4 Å². The molecule has 0 saturated carbocycles. The number of aromatic hydroxyl groups is 1. The van der Waals surface area contributed by atoms with Gasteiger partial charge < -0.3 is 5.11 Å². The Bertz CT molecular complexity index is 1130. The average molecular weight is 326 g/mol. The zero-order valence-corrected chi connectivity index (χ0v) is 13.3. The lowest BCUT2D eigenvalue weighted by molar-refractivity contribution is 0.104. The largest absolute Gasteiger partial charge is 0.506 e. The van der Waals surface area contributed by atoms with E-state index in [2.05, 4.69) is 9.97 Å². The van der Waals surface area contributed by atoms with Crippen molar-refractivity contribution in [1.29, 1.82) is 0 Å². The fraction of sp³-hybridized carbons (Fsp3) is 0. The Hall–Kier alpha value is -3.53. The van der Waals surface area contributed by atoms with Crippen LogP contribution in [0.3, 0.4) is 0 Å². The molecule has 0 unspecified atom stereocenters. The Labute approximate surface area is 144 Å². The maximum Gasteiger partial charge on any atom is 0.204 e. The van der Waals surface area contributed by atoms with E-state index in [9.17, 15) is 9.90 Å². The lowest BCUT2D eigenvalue weighted by Gasteiger charge is -2.01. The van der Waals surface area contributed by atoms with Gasteiger partial charge in [0.15, 0.2) is 0 Å². The molecule has 4 heteroatoms. The van der Waals surface area contributed by atoms with Crippen molar-refractivity contribution >= 4 is 33.7 Å². The highest BCUT2D eigenvalue weighted by molar-refractivity contribution is 6.06. The molecule has 2 heterocycles. The Morgan fingerprint density at radius 3 is 2.56 bits per heavy atom. The van der Waals surface area contributed by atoms with Crippen molar-refractivity contribution in [3.63, 3.8) is 0 Å². The van der Waals surface area contributed by atoms with Crippen LogP contribution in [0, 0.1) is 0 Å². The number of rotatable bonds is 3. The number of allylic oxidation sites excluding steroid dienone is 1. The molecule has 4 aromatic rings. The van der Waals surface area contributed by atoms with Crippen molar-refractivity contribution in [3.05, 3.63) is 84.2 Å². The van der Waals surface area contributed by atoms with Crippen LogP contribution in [-0.2, 0) is 0 Å². The van der Waals surface area contributed by atoms with Crippen LogP contribution in [0.2, 0.25) is 0 Å². The molecule has 2 aromatic heterocycles. The summed E-state index contributed by atoms with van der Waals surface area (Å²) in [4.78, 5) is 21.1. The molecule has 0 amide bonds. The summed E-state index contributed by atoms with van der Waals surface area (Å²) in [6.07, 6.45) is 3.08. The average Bonchev–Trinajstić information content (AvgIpc) is 2.66. The third-order valence-corrected chi connectivity index (χ3v) is 3.98. The molecule has 0 bridgehead atoms. The Morgan fingerprint density at radius 1 is 0.840 bits per heavy atom. The van der Waals surface area contributed by atoms with Crippen LogP contribution in [0.15, 0.2) is 72.8 Å². The number of benzene rings is 2. The van der Waals surface area contributed by atoms with Crippen molar-refractivity contribution in [2.45, 2.75) is 0 Å². The van der Waals surface area contributed by atoms with E-state index in [1.807, 2.05) is 42.5 Å². The van der Waals surface area contributed by atoms with E-state index in [1.54, 1.807) is 30.3 Å². The van der Waals surface area contributed by atoms with Crippen molar-refractivity contribution in [2.24, 2.45) is 0 Å². The van der Waals surface area contributed by atoms with Crippen LogP contribution in [0.25, 0.3) is 27.9 Å². The molecule has 0 aliphatic carbocycles. The van der Waals surface area contributed by atoms with Crippen molar-refractivity contribution in [1.82, 2.24) is 9.97 Å². The molecular weight excluding hydrogens is 312 g/mol. The van der Waals surface area contributed by atoms with Gasteiger partial charge in [-0.3, -0.25) is 4.79 Å². The summed E-state index contributed by atoms with van der Waals surface area (Å²) in [5.41, 5.74) is 2.29. The first kappa shape index (κ1) is 15.0. The van der Waals surface area contributed by atoms with Crippen LogP contribution >= 0.6 is 0 Å². The lowest BCUT2D eigenvalue weighted by atomic mass is 10.1. The molecule has 0 atom stereocenters. The highest BCUT2D eigenvalue weighted by Crippen LogP contribution is 2.22. The number of ketones is 1. The molecule has 4 rings (SSSR count). The zero-order chi connectivity index (χ0) is 17.2. The van der Waals surface area contributed by atoms with Crippen molar-refractivity contribution in [3.8, 4) is 5.75 Å². The van der Waals surface area contributed by atoms with E-state index >= 15 is 0 Å². The number of phenols is 1. The second kappa shape index (κ2) is 6.17. The smallest absolute Gasteiger partial charge is 0.204 e. The van der Waals surface area contributed by atoms with E-state index in [0.29, 0.717) is 16.9 Å². The number of para-hydroxylation sites is 2. The van der Waals surface area contributed by atoms with Crippen LogP contribution < -0.4 is 0 Å². The van der Waals surface area contributed by atoms with Crippen molar-refractivity contribution in [2.75, 3.05) is 0 Å². The number of hydrogen-bond acceptors (Lipinski definition) is 4. The van der Waals surface area contributed by atoms with Gasteiger partial charge in [-0.1, -0.05) is 42.5 Å². The highest BCUT2D eigenvalue weighted by Gasteiger charge is 2.06. The molecule has 0 aliphatic rings. The standard InChI is InChI=1S/C21H14N2O2/c24-19(18-12-9-14-4-1-2-6-17(14)23-18)13-11-16-10-8-15-5-3-7-20(25)21(15)22-16/h1-13,25H/b13-11+. The summed E-state index contributed by atoms with van der Waals surface area (Å²) in [5.74, 6) is -0.0693. The topological polar surface area (TPSA) is 63.1 Å². The number of nitrogens with zero attached hydrogens (tertiary/aromatic N) is 2. The predicted molar refractivity (Wildman–Crippen MR) is 98.5 cm³/mol. The predicted octanol–water partition coefficient (Wildman–Crippen LogP) is 4.38. The van der Waals surface area contributed by atoms with Gasteiger partial charge in [0, 0.05) is 10.8 Å². The van der Waals surface area contributed by atoms with Gasteiger partial charge in [-0.15, -0.1) is 0 Å². The number of carbonyl (C=O) groups excluding carboxylic acids is 1. The summed E-state index contributed by atoms with van der Waals surface area (Å²) in [7, 11) is 0. The maximum atomic E-state index is 12.4. The Balaban J connectivity index is 1.64. The van der Waals surface area contributed by atoms with E-state index in [-0.39, 0.29) is 11.5 Å². The Morgan fingerprint density at radius 2 is 1.64 bits per heavy atom. The SMILES string of the molecule is O=C(/C=C/c1ccc2cccc(O)c2n1)c1ccc2ccccc2n1. The second-order valence-corrected chi connectivity index (χ2v) is 5.67. The van der Waals surface area contributed by atoms with Crippen LogP contribution in [0.5, 0.6) is 5.75 Å². The molecule has 0 aliphatic heterocycles. The summed E-state index contributed by atoms with van der Waals surface area (Å²) in [6, 6.07) is 20.2. The van der Waals surface area contributed by atoms with E-state index in [0.717, 1.165) is 16.3 Å². The normalized spacial score (nSPS) is 11.4. The third kappa shape index (κ3) is 2.97. The van der Waals surface area contributed by atoms with Crippen LogP contribution in [-0.4, -0.2) is 20.9 Å². The number of hydrogen-bond donors (Lipinski definition) is 1. The van der Waals surface area contributed by atoms with Gasteiger partial charge in [0.2, 0.25) is 5.78 Å². The first-order valence-corrected chi connectivity index (χ1v) is 7.88. The number of aromatic nitrogens is 2. The molecule has 0 fully saturated rings. The minimum atomic E-state index is -0.190. The van der Waals surface area contributed by atoms with Crippen LogP contribution in [0.1, 0.15) is 16.2 Å². The van der Waals surface area contributed by atoms with E-state index in [4.69, 9.17) is 0 Å². The van der Waals surface area contributed by atoms with Gasteiger partial charge in [0.1, 0.15) is 17.0 Å². The summed E-state index contributed by atoms with van der Waals surface area (Å²) in [6.45, 7) is 0. The quantitative estimate of drug-likeness (QED) is 0.448. The van der Waals surface area contributed by atoms with Crippen molar-refractivity contribution < 1.29 is 9.90 Å². The van der Waals surface area contributed by atoms with Gasteiger partial charge >= 0.3 is 0 Å². The fourth-order valence-corrected chi connectivity index (χ4v) is 2.69. The second-order valence-electron chi connectivity index (χ2n) is 5.67. The molecule has 0 saturated heterocycles. The van der Waals surface area contributed by atoms with E-state index in [1.165, 1.54) is 6.08 Å². The first-order chi connectivity index (χ1) is 12.2. The minimum absolute atomic E-state index is 0.121. The molecule has 120 valence electrons. The zero-order valence-electron chi connectivity index (χ0n) is 13.3. The third-order valence-electron chi connectivity index (χ3n) is 3.98. The first-order valence-electron chi connectivity index (χ1n) is 7.88. The summed E-state index contributed by atoms with van der Waals surface area (Å²) >= 11 is 0. The van der Waals surface area contributed by atoms with Gasteiger partial charge in [0.25, 0.3) is 0 Å². The van der Waals surface area contributed by atoms with Gasteiger partial charge in [-0.25, -0.2) is 9.97 Å². The van der Waals surface area contributed by atoms with Gasteiger partial charge in [0.05, 0.1) is 11.2 Å². The number of phenolic OH excluding ortho intramolecular Hbond substituents is 1. The number of fused-ring (bicyclic) bond motifs is 2. The molecule has 1 N–H and O–H groups in total. The molecular formula is C21H14N2O2. The maximum absolute atomic E-state index is 12.4. The molecule has 2 aromatic carbocycles. The highest BCUT2D eigenvalue weighted by atomic mass is 16.3. The number of carbonyl (C=O) groups is 1. The molecule has 0 spiro atoms. The summed E-state index contributed by atoms with van der Waals surface area (Å²) in [5, 5.41) is 11.7.